The van der Waals surface area contributed by atoms with Crippen molar-refractivity contribution in [2.45, 2.75) is 13.5 Å². The highest BCUT2D eigenvalue weighted by molar-refractivity contribution is 5.91. The van der Waals surface area contributed by atoms with Crippen LogP contribution in [0.5, 0.6) is 5.75 Å². The van der Waals surface area contributed by atoms with Crippen LogP contribution in [0, 0.1) is 0 Å². The summed E-state index contributed by atoms with van der Waals surface area (Å²) >= 11 is 0. The third kappa shape index (κ3) is 7.23. The number of halogens is 1. The van der Waals surface area contributed by atoms with Crippen molar-refractivity contribution in [2.75, 3.05) is 26.5 Å². The van der Waals surface area contributed by atoms with Gasteiger partial charge in [0.25, 0.3) is 0 Å². The quantitative estimate of drug-likeness (QED) is 0.301. The molecule has 1 N–H and O–H groups in total. The van der Waals surface area contributed by atoms with Gasteiger partial charge < -0.3 is 38.5 Å². The van der Waals surface area contributed by atoms with E-state index in [0.29, 0.717) is 17.0 Å². The number of anilines is 1. The summed E-state index contributed by atoms with van der Waals surface area (Å²) in [6, 6.07) is 14.1. The standard InChI is InChI=1S/C19H22N2O3.HI/c1-14(22)20-17-9-11-18(12-10-17)24-19(23)16-7-5-15(6-8-16)13-21(2,3)4;/h5-12H,13H2,1-4H3;1H. The number of nitrogens with zero attached hydrogens (tertiary/aromatic N) is 1. The molecule has 6 heteroatoms. The Labute approximate surface area is 165 Å². The number of benzene rings is 2. The maximum absolute atomic E-state index is 12.2. The second-order valence-corrected chi connectivity index (χ2v) is 6.74. The van der Waals surface area contributed by atoms with Crippen molar-refractivity contribution >= 4 is 17.6 Å². The number of ether oxygens (including phenoxy) is 1. The molecule has 0 saturated heterocycles. The predicted octanol–water partition coefficient (Wildman–Crippen LogP) is 0.0744. The van der Waals surface area contributed by atoms with Crippen LogP contribution in [-0.4, -0.2) is 37.5 Å². The maximum atomic E-state index is 12.2. The Kier molecular flexibility index (Phi) is 7.57. The Morgan fingerprint density at radius 1 is 0.960 bits per heavy atom. The molecule has 2 aromatic carbocycles. The smallest absolute Gasteiger partial charge is 0.343 e. The molecule has 0 aliphatic heterocycles. The van der Waals surface area contributed by atoms with E-state index in [1.54, 1.807) is 36.4 Å². The number of carbonyl (C=O) groups is 2. The zero-order chi connectivity index (χ0) is 17.7. The van der Waals surface area contributed by atoms with Crippen LogP contribution in [0.2, 0.25) is 0 Å². The number of esters is 1. The molecular formula is C19H23IN2O3. The van der Waals surface area contributed by atoms with Crippen molar-refractivity contribution in [3.8, 4) is 5.75 Å². The van der Waals surface area contributed by atoms with Gasteiger partial charge >= 0.3 is 5.97 Å². The highest BCUT2D eigenvalue weighted by Gasteiger charge is 2.12. The topological polar surface area (TPSA) is 55.4 Å². The van der Waals surface area contributed by atoms with E-state index in [0.717, 1.165) is 11.0 Å². The fraction of sp³-hybridized carbons (Fsp3) is 0.263. The minimum atomic E-state index is -0.404. The molecule has 0 bridgehead atoms. The van der Waals surface area contributed by atoms with E-state index >= 15 is 0 Å². The average molecular weight is 454 g/mol. The summed E-state index contributed by atoms with van der Waals surface area (Å²) in [7, 11) is 6.35. The Morgan fingerprint density at radius 2 is 1.52 bits per heavy atom. The third-order valence-electron chi connectivity index (χ3n) is 3.23. The molecule has 1 amide bonds. The van der Waals surface area contributed by atoms with E-state index in [9.17, 15) is 9.59 Å². The first-order valence-corrected chi connectivity index (χ1v) is 7.72. The Bertz CT molecular complexity index is 720. The van der Waals surface area contributed by atoms with Gasteiger partial charge in [-0.1, -0.05) is 12.1 Å². The van der Waals surface area contributed by atoms with E-state index in [-0.39, 0.29) is 29.9 Å². The van der Waals surface area contributed by atoms with Gasteiger partial charge in [-0.05, 0) is 36.4 Å². The molecule has 134 valence electrons. The van der Waals surface area contributed by atoms with Gasteiger partial charge in [-0.3, -0.25) is 4.79 Å². The van der Waals surface area contributed by atoms with E-state index in [2.05, 4.69) is 26.5 Å². The van der Waals surface area contributed by atoms with Crippen LogP contribution in [0.1, 0.15) is 22.8 Å². The van der Waals surface area contributed by atoms with E-state index < -0.39 is 5.97 Å². The van der Waals surface area contributed by atoms with Gasteiger partial charge in [-0.15, -0.1) is 0 Å². The number of carbonyl (C=O) groups excluding carboxylic acids is 2. The second kappa shape index (κ2) is 8.96. The first kappa shape index (κ1) is 21.1. The molecule has 2 rings (SSSR count). The predicted molar refractivity (Wildman–Crippen MR) is 93.9 cm³/mol. The monoisotopic (exact) mass is 454 g/mol. The lowest BCUT2D eigenvalue weighted by molar-refractivity contribution is -0.884. The molecule has 2 aromatic rings. The first-order chi connectivity index (χ1) is 11.2. The molecule has 0 aliphatic rings. The minimum Gasteiger partial charge on any atom is -1.00 e. The summed E-state index contributed by atoms with van der Waals surface area (Å²) in [4.78, 5) is 23.2. The van der Waals surface area contributed by atoms with Gasteiger partial charge in [0.2, 0.25) is 5.91 Å². The van der Waals surface area contributed by atoms with Gasteiger partial charge in [0.15, 0.2) is 0 Å². The summed E-state index contributed by atoms with van der Waals surface area (Å²) in [5.74, 6) is -0.114. The van der Waals surface area contributed by atoms with Gasteiger partial charge in [-0.25, -0.2) is 4.79 Å². The number of hydrogen-bond donors (Lipinski definition) is 1. The molecule has 0 radical (unpaired) electrons. The average Bonchev–Trinajstić information content (AvgIpc) is 2.48. The van der Waals surface area contributed by atoms with Crippen LogP contribution >= 0.6 is 0 Å². The summed E-state index contributed by atoms with van der Waals surface area (Å²) in [6.45, 7) is 2.33. The number of hydrogen-bond acceptors (Lipinski definition) is 3. The van der Waals surface area contributed by atoms with Crippen molar-refractivity contribution in [2.24, 2.45) is 0 Å². The van der Waals surface area contributed by atoms with Crippen molar-refractivity contribution in [3.05, 3.63) is 59.7 Å². The fourth-order valence-corrected chi connectivity index (χ4v) is 2.27. The van der Waals surface area contributed by atoms with Gasteiger partial charge in [0, 0.05) is 18.2 Å². The minimum absolute atomic E-state index is 0. The Morgan fingerprint density at radius 3 is 2.00 bits per heavy atom. The molecule has 0 unspecified atom stereocenters. The molecule has 0 aliphatic carbocycles. The molecule has 0 aromatic heterocycles. The molecule has 0 spiro atoms. The second-order valence-electron chi connectivity index (χ2n) is 6.74. The highest BCUT2D eigenvalue weighted by atomic mass is 127. The largest absolute Gasteiger partial charge is 1.00 e. The van der Waals surface area contributed by atoms with E-state index in [1.807, 2.05) is 12.1 Å². The number of quaternary nitrogens is 1. The summed E-state index contributed by atoms with van der Waals surface area (Å²) in [5.41, 5.74) is 2.33. The number of nitrogens with one attached hydrogen (secondary N) is 1. The summed E-state index contributed by atoms with van der Waals surface area (Å²) < 4.78 is 6.17. The Hall–Kier alpha value is -1.93. The van der Waals surface area contributed by atoms with E-state index in [4.69, 9.17) is 4.74 Å². The zero-order valence-electron chi connectivity index (χ0n) is 14.9. The molecule has 5 nitrogen and oxygen atoms in total. The van der Waals surface area contributed by atoms with Crippen molar-refractivity contribution in [3.63, 3.8) is 0 Å². The maximum Gasteiger partial charge on any atom is 0.343 e. The zero-order valence-corrected chi connectivity index (χ0v) is 17.0. The van der Waals surface area contributed by atoms with Crippen LogP contribution in [0.15, 0.2) is 48.5 Å². The molecule has 0 heterocycles. The van der Waals surface area contributed by atoms with Gasteiger partial charge in [0.1, 0.15) is 12.3 Å². The fourth-order valence-electron chi connectivity index (χ4n) is 2.27. The lowest BCUT2D eigenvalue weighted by Gasteiger charge is -2.23. The van der Waals surface area contributed by atoms with Gasteiger partial charge in [-0.2, -0.15) is 0 Å². The van der Waals surface area contributed by atoms with Crippen LogP contribution in [0.4, 0.5) is 5.69 Å². The lowest BCUT2D eigenvalue weighted by atomic mass is 10.1. The van der Waals surface area contributed by atoms with Crippen LogP contribution in [0.3, 0.4) is 0 Å². The molecule has 0 fully saturated rings. The molecule has 0 atom stereocenters. The molecule has 0 saturated carbocycles. The first-order valence-electron chi connectivity index (χ1n) is 7.72. The third-order valence-corrected chi connectivity index (χ3v) is 3.23. The van der Waals surface area contributed by atoms with Crippen LogP contribution in [0.25, 0.3) is 0 Å². The lowest BCUT2D eigenvalue weighted by Crippen LogP contribution is -3.00. The number of amides is 1. The van der Waals surface area contributed by atoms with Gasteiger partial charge in [0.05, 0.1) is 26.7 Å². The number of rotatable bonds is 5. The van der Waals surface area contributed by atoms with Crippen LogP contribution < -0.4 is 34.0 Å². The van der Waals surface area contributed by atoms with Crippen molar-refractivity contribution in [1.82, 2.24) is 0 Å². The summed E-state index contributed by atoms with van der Waals surface area (Å²) in [6.07, 6.45) is 0. The molecular weight excluding hydrogens is 431 g/mol. The molecule has 25 heavy (non-hydrogen) atoms. The normalized spacial score (nSPS) is 10.6. The van der Waals surface area contributed by atoms with Crippen molar-refractivity contribution < 1.29 is 42.8 Å². The Balaban J connectivity index is 0.00000312. The summed E-state index contributed by atoms with van der Waals surface area (Å²) in [5, 5.41) is 2.66. The highest BCUT2D eigenvalue weighted by Crippen LogP contribution is 2.17. The SMILES string of the molecule is CC(=O)Nc1ccc(OC(=O)c2ccc(C[N+](C)(C)C)cc2)cc1.[I-]. The van der Waals surface area contributed by atoms with Crippen LogP contribution in [-0.2, 0) is 11.3 Å². The van der Waals surface area contributed by atoms with Crippen molar-refractivity contribution in [1.29, 1.82) is 0 Å². The van der Waals surface area contributed by atoms with E-state index in [1.165, 1.54) is 12.5 Å².